The van der Waals surface area contributed by atoms with E-state index in [2.05, 4.69) is 25.0 Å². The molecule has 2 aliphatic heterocycles. The largest absolute Gasteiger partial charge is 0.337 e. The van der Waals surface area contributed by atoms with Crippen molar-refractivity contribution in [2.75, 3.05) is 24.4 Å². The topological polar surface area (TPSA) is 54.7 Å². The predicted molar refractivity (Wildman–Crippen MR) is 92.8 cm³/mol. The highest BCUT2D eigenvalue weighted by Crippen LogP contribution is 2.45. The van der Waals surface area contributed by atoms with Gasteiger partial charge in [-0.3, -0.25) is 9.29 Å². The Labute approximate surface area is 143 Å². The summed E-state index contributed by atoms with van der Waals surface area (Å²) in [5.74, 6) is 0.264. The zero-order valence-electron chi connectivity index (χ0n) is 13.9. The molecule has 0 amide bonds. The number of fused-ring (bicyclic) bond motifs is 3. The number of likely N-dealkylation sites (N-methyl/N-ethyl adjacent to an activating group) is 1. The molecule has 2 aliphatic rings. The van der Waals surface area contributed by atoms with E-state index in [1.807, 2.05) is 12.1 Å². The van der Waals surface area contributed by atoms with Gasteiger partial charge in [-0.05, 0) is 30.7 Å². The second-order valence-corrected chi connectivity index (χ2v) is 8.74. The first-order valence-corrected chi connectivity index (χ1v) is 9.79. The van der Waals surface area contributed by atoms with E-state index in [1.165, 1.54) is 22.2 Å². The first kappa shape index (κ1) is 15.6. The van der Waals surface area contributed by atoms with Crippen LogP contribution in [0.5, 0.6) is 0 Å². The lowest BCUT2D eigenvalue weighted by molar-refractivity contribution is -0.886. The Kier molecular flexibility index (Phi) is 3.62. The summed E-state index contributed by atoms with van der Waals surface area (Å²) in [5, 5.41) is 0. The average Bonchev–Trinajstić information content (AvgIpc) is 2.89. The summed E-state index contributed by atoms with van der Waals surface area (Å²) < 4.78 is 28.3. The SMILES string of the molecule is Cc1ccc2c(c1)C1C[NH+](C)CCC1N2S(=O)(=O)c1cccnc1. The van der Waals surface area contributed by atoms with Crippen molar-refractivity contribution in [3.8, 4) is 0 Å². The van der Waals surface area contributed by atoms with Crippen molar-refractivity contribution in [3.05, 3.63) is 53.9 Å². The Bertz CT molecular complexity index is 867. The van der Waals surface area contributed by atoms with Crippen LogP contribution in [0.25, 0.3) is 0 Å². The Hall–Kier alpha value is -1.92. The first-order chi connectivity index (χ1) is 11.5. The number of rotatable bonds is 2. The summed E-state index contributed by atoms with van der Waals surface area (Å²) in [4.78, 5) is 5.73. The van der Waals surface area contributed by atoms with Crippen LogP contribution in [-0.4, -0.2) is 39.6 Å². The number of anilines is 1. The highest BCUT2D eigenvalue weighted by atomic mass is 32.2. The zero-order valence-corrected chi connectivity index (χ0v) is 14.8. The lowest BCUT2D eigenvalue weighted by Gasteiger charge is -2.34. The zero-order chi connectivity index (χ0) is 16.9. The molecule has 4 rings (SSSR count). The summed E-state index contributed by atoms with van der Waals surface area (Å²) in [7, 11) is -1.41. The van der Waals surface area contributed by atoms with Gasteiger partial charge in [-0.25, -0.2) is 8.42 Å². The van der Waals surface area contributed by atoms with E-state index in [0.717, 1.165) is 25.2 Å². The average molecular weight is 344 g/mol. The summed E-state index contributed by atoms with van der Waals surface area (Å²) >= 11 is 0. The molecule has 6 heteroatoms. The van der Waals surface area contributed by atoms with Crippen LogP contribution in [-0.2, 0) is 10.0 Å². The molecule has 126 valence electrons. The summed E-state index contributed by atoms with van der Waals surface area (Å²) in [6.07, 6.45) is 3.92. The van der Waals surface area contributed by atoms with E-state index in [4.69, 9.17) is 0 Å². The van der Waals surface area contributed by atoms with Gasteiger partial charge in [0.15, 0.2) is 0 Å². The maximum Gasteiger partial charge on any atom is 0.266 e. The van der Waals surface area contributed by atoms with Crippen LogP contribution in [0, 0.1) is 6.92 Å². The number of benzene rings is 1. The third-order valence-corrected chi connectivity index (χ3v) is 7.03. The number of aryl methyl sites for hydroxylation is 1. The summed E-state index contributed by atoms with van der Waals surface area (Å²) in [6, 6.07) is 9.43. The van der Waals surface area contributed by atoms with Crippen molar-refractivity contribution in [3.63, 3.8) is 0 Å². The van der Waals surface area contributed by atoms with Crippen LogP contribution in [0.4, 0.5) is 5.69 Å². The minimum Gasteiger partial charge on any atom is -0.337 e. The number of likely N-dealkylation sites (tertiary alicyclic amines) is 1. The number of nitrogens with zero attached hydrogens (tertiary/aromatic N) is 2. The van der Waals surface area contributed by atoms with Crippen LogP contribution in [0.3, 0.4) is 0 Å². The number of quaternary nitrogens is 1. The Morgan fingerprint density at radius 2 is 2.12 bits per heavy atom. The quantitative estimate of drug-likeness (QED) is 0.883. The minimum atomic E-state index is -3.59. The Morgan fingerprint density at radius 1 is 1.29 bits per heavy atom. The number of hydrogen-bond donors (Lipinski definition) is 1. The first-order valence-electron chi connectivity index (χ1n) is 8.35. The minimum absolute atomic E-state index is 0.00991. The molecule has 0 spiro atoms. The predicted octanol–water partition coefficient (Wildman–Crippen LogP) is 0.970. The van der Waals surface area contributed by atoms with Gasteiger partial charge in [-0.2, -0.15) is 0 Å². The van der Waals surface area contributed by atoms with Gasteiger partial charge in [0.05, 0.1) is 37.8 Å². The molecule has 0 saturated carbocycles. The second-order valence-electron chi connectivity index (χ2n) is 6.93. The highest BCUT2D eigenvalue weighted by molar-refractivity contribution is 7.92. The van der Waals surface area contributed by atoms with Crippen LogP contribution < -0.4 is 9.21 Å². The molecule has 0 bridgehead atoms. The van der Waals surface area contributed by atoms with Crippen molar-refractivity contribution >= 4 is 15.7 Å². The van der Waals surface area contributed by atoms with Crippen LogP contribution >= 0.6 is 0 Å². The molecule has 3 unspecified atom stereocenters. The van der Waals surface area contributed by atoms with Crippen LogP contribution in [0.2, 0.25) is 0 Å². The summed E-state index contributed by atoms with van der Waals surface area (Å²) in [5.41, 5.74) is 3.19. The molecule has 1 aromatic heterocycles. The van der Waals surface area contributed by atoms with Crippen molar-refractivity contribution in [1.82, 2.24) is 4.98 Å². The number of aromatic nitrogens is 1. The number of hydrogen-bond acceptors (Lipinski definition) is 3. The molecule has 3 atom stereocenters. The van der Waals surface area contributed by atoms with E-state index in [1.54, 1.807) is 22.6 Å². The Morgan fingerprint density at radius 3 is 2.88 bits per heavy atom. The van der Waals surface area contributed by atoms with Gasteiger partial charge in [0.25, 0.3) is 10.0 Å². The lowest BCUT2D eigenvalue weighted by atomic mass is 9.89. The third-order valence-electron chi connectivity index (χ3n) is 5.21. The number of piperidine rings is 1. The van der Waals surface area contributed by atoms with E-state index >= 15 is 0 Å². The molecule has 5 nitrogen and oxygen atoms in total. The van der Waals surface area contributed by atoms with Crippen LogP contribution in [0.15, 0.2) is 47.6 Å². The molecular weight excluding hydrogens is 322 g/mol. The van der Waals surface area contributed by atoms with Crippen molar-refractivity contribution < 1.29 is 13.3 Å². The molecule has 1 fully saturated rings. The molecule has 3 heterocycles. The van der Waals surface area contributed by atoms with Gasteiger partial charge in [-0.1, -0.05) is 17.7 Å². The van der Waals surface area contributed by atoms with Crippen molar-refractivity contribution in [2.24, 2.45) is 0 Å². The van der Waals surface area contributed by atoms with Gasteiger partial charge in [0.1, 0.15) is 4.90 Å². The molecular formula is C18H22N3O2S+. The Balaban J connectivity index is 1.87. The van der Waals surface area contributed by atoms with Crippen molar-refractivity contribution in [2.45, 2.75) is 30.2 Å². The van der Waals surface area contributed by atoms with E-state index in [-0.39, 0.29) is 16.9 Å². The van der Waals surface area contributed by atoms with E-state index in [9.17, 15) is 8.42 Å². The standard InChI is InChI=1S/C18H21N3O2S/c1-13-5-6-17-15(10-13)16-12-20(2)9-7-18(16)21(17)24(22,23)14-4-3-8-19-11-14/h3-6,8,10-11,16,18H,7,9,12H2,1-2H3/p+1. The van der Waals surface area contributed by atoms with Gasteiger partial charge < -0.3 is 4.90 Å². The molecule has 1 saturated heterocycles. The fourth-order valence-electron chi connectivity index (χ4n) is 4.08. The van der Waals surface area contributed by atoms with Gasteiger partial charge in [0, 0.05) is 18.8 Å². The smallest absolute Gasteiger partial charge is 0.266 e. The van der Waals surface area contributed by atoms with Gasteiger partial charge in [0.2, 0.25) is 0 Å². The molecule has 1 aromatic carbocycles. The third kappa shape index (κ3) is 2.32. The van der Waals surface area contributed by atoms with Gasteiger partial charge in [-0.15, -0.1) is 0 Å². The van der Waals surface area contributed by atoms with E-state index in [0.29, 0.717) is 0 Å². The lowest BCUT2D eigenvalue weighted by Crippen LogP contribution is -3.11. The van der Waals surface area contributed by atoms with Gasteiger partial charge >= 0.3 is 0 Å². The molecule has 0 aliphatic carbocycles. The second kappa shape index (κ2) is 5.57. The fraction of sp³-hybridized carbons (Fsp3) is 0.389. The maximum atomic E-state index is 13.3. The monoisotopic (exact) mass is 344 g/mol. The highest BCUT2D eigenvalue weighted by Gasteiger charge is 2.48. The van der Waals surface area contributed by atoms with E-state index < -0.39 is 10.0 Å². The molecule has 0 radical (unpaired) electrons. The fourth-order valence-corrected chi connectivity index (χ4v) is 5.78. The summed E-state index contributed by atoms with van der Waals surface area (Å²) in [6.45, 7) is 4.03. The number of nitrogens with one attached hydrogen (secondary N) is 1. The molecule has 1 N–H and O–H groups in total. The molecule has 2 aromatic rings. The van der Waals surface area contributed by atoms with Crippen LogP contribution in [0.1, 0.15) is 23.5 Å². The number of pyridine rings is 1. The normalized spacial score (nSPS) is 26.1. The molecule has 24 heavy (non-hydrogen) atoms. The maximum absolute atomic E-state index is 13.3. The van der Waals surface area contributed by atoms with Crippen molar-refractivity contribution in [1.29, 1.82) is 0 Å². The number of sulfonamides is 1.